The van der Waals surface area contributed by atoms with Crippen molar-refractivity contribution in [3.8, 4) is 0 Å². The van der Waals surface area contributed by atoms with Crippen molar-refractivity contribution in [2.24, 2.45) is 23.5 Å². The molecule has 122 valence electrons. The molecule has 2 bridgehead atoms. The number of aromatic nitrogens is 1. The number of rotatable bonds is 2. The van der Waals surface area contributed by atoms with E-state index in [1.54, 1.807) is 11.3 Å². The lowest BCUT2D eigenvalue weighted by Gasteiger charge is -2.43. The molecule has 1 amide bonds. The van der Waals surface area contributed by atoms with Crippen molar-refractivity contribution in [2.75, 3.05) is 5.32 Å². The predicted octanol–water partition coefficient (Wildman–Crippen LogP) is 3.53. The van der Waals surface area contributed by atoms with Crippen LogP contribution in [0.4, 0.5) is 5.13 Å². The van der Waals surface area contributed by atoms with E-state index in [9.17, 15) is 4.79 Å². The van der Waals surface area contributed by atoms with Gasteiger partial charge in [-0.15, -0.1) is 11.3 Å². The zero-order valence-corrected chi connectivity index (χ0v) is 14.6. The maximum atomic E-state index is 12.6. The summed E-state index contributed by atoms with van der Waals surface area (Å²) in [5.74, 6) is 1.31. The number of nitrogens with two attached hydrogens (primary N) is 1. The van der Waals surface area contributed by atoms with Crippen LogP contribution in [0.15, 0.2) is 6.20 Å². The molecule has 1 heterocycles. The summed E-state index contributed by atoms with van der Waals surface area (Å²) in [6.45, 7) is 6.49. The van der Waals surface area contributed by atoms with Gasteiger partial charge < -0.3 is 11.1 Å². The quantitative estimate of drug-likeness (QED) is 0.875. The van der Waals surface area contributed by atoms with Gasteiger partial charge in [0.25, 0.3) is 0 Å². The molecule has 0 spiro atoms. The fourth-order valence-electron chi connectivity index (χ4n) is 3.89. The van der Waals surface area contributed by atoms with Gasteiger partial charge in [0, 0.05) is 23.0 Å². The minimum absolute atomic E-state index is 0.0786. The van der Waals surface area contributed by atoms with Crippen LogP contribution in [0.1, 0.15) is 57.8 Å². The minimum Gasteiger partial charge on any atom is -0.327 e. The molecule has 2 aliphatic carbocycles. The van der Waals surface area contributed by atoms with Gasteiger partial charge in [0.2, 0.25) is 5.91 Å². The maximum Gasteiger partial charge on any atom is 0.229 e. The van der Waals surface area contributed by atoms with Crippen LogP contribution < -0.4 is 11.1 Å². The van der Waals surface area contributed by atoms with Crippen LogP contribution in [-0.2, 0) is 10.2 Å². The van der Waals surface area contributed by atoms with Gasteiger partial charge in [0.1, 0.15) is 0 Å². The topological polar surface area (TPSA) is 68.0 Å². The second kappa shape index (κ2) is 5.93. The summed E-state index contributed by atoms with van der Waals surface area (Å²) in [5, 5.41) is 3.77. The molecule has 1 aromatic rings. The fourth-order valence-corrected chi connectivity index (χ4v) is 4.77. The molecule has 3 rings (SSSR count). The van der Waals surface area contributed by atoms with Gasteiger partial charge in [0.05, 0.1) is 0 Å². The number of hydrogen-bond acceptors (Lipinski definition) is 4. The van der Waals surface area contributed by atoms with E-state index in [0.717, 1.165) is 18.0 Å². The molecular weight excluding hydrogens is 294 g/mol. The van der Waals surface area contributed by atoms with E-state index in [-0.39, 0.29) is 17.2 Å². The normalized spacial score (nSPS) is 31.8. The number of nitrogens with zero attached hydrogens (tertiary/aromatic N) is 1. The number of anilines is 1. The van der Waals surface area contributed by atoms with Crippen LogP contribution in [0.2, 0.25) is 0 Å². The van der Waals surface area contributed by atoms with Crippen molar-refractivity contribution in [2.45, 2.75) is 64.3 Å². The fraction of sp³-hybridized carbons (Fsp3) is 0.765. The Balaban J connectivity index is 1.64. The molecule has 0 aliphatic heterocycles. The Kier molecular flexibility index (Phi) is 4.29. The molecule has 5 heteroatoms. The minimum atomic E-state index is 0.0786. The van der Waals surface area contributed by atoms with E-state index in [1.165, 1.54) is 24.1 Å². The number of hydrogen-bond donors (Lipinski definition) is 2. The molecular formula is C17H27N3OS. The highest BCUT2D eigenvalue weighted by atomic mass is 32.1. The van der Waals surface area contributed by atoms with Gasteiger partial charge in [-0.2, -0.15) is 0 Å². The average molecular weight is 321 g/mol. The van der Waals surface area contributed by atoms with E-state index >= 15 is 0 Å². The maximum absolute atomic E-state index is 12.6. The lowest BCUT2D eigenvalue weighted by Crippen LogP contribution is -2.48. The molecule has 2 saturated carbocycles. The molecule has 4 nitrogen and oxygen atoms in total. The summed E-state index contributed by atoms with van der Waals surface area (Å²) >= 11 is 1.59. The number of thiazole rings is 1. The van der Waals surface area contributed by atoms with Crippen LogP contribution >= 0.6 is 11.3 Å². The standard InChI is InChI=1S/C17H27N3OS/c1-17(2,3)13-9-19-16(22-13)20-15(21)12-7-10-5-4-6-11(8-12)14(10)18/h9-12,14H,4-8,18H2,1-3H3,(H,19,20,21). The Labute approximate surface area is 136 Å². The SMILES string of the molecule is CC(C)(C)c1cnc(NC(=O)C2CC3CCCC(C2)C3N)s1. The Bertz CT molecular complexity index is 534. The number of nitrogens with one attached hydrogen (secondary N) is 1. The molecule has 0 aromatic carbocycles. The van der Waals surface area contributed by atoms with Crippen molar-refractivity contribution in [1.29, 1.82) is 0 Å². The zero-order valence-electron chi connectivity index (χ0n) is 13.8. The third-order valence-corrected chi connectivity index (χ3v) is 6.60. The van der Waals surface area contributed by atoms with Gasteiger partial charge in [0.15, 0.2) is 5.13 Å². The van der Waals surface area contributed by atoms with Crippen molar-refractivity contribution in [3.63, 3.8) is 0 Å². The largest absolute Gasteiger partial charge is 0.327 e. The molecule has 2 fully saturated rings. The molecule has 3 N–H and O–H groups in total. The highest BCUT2D eigenvalue weighted by Crippen LogP contribution is 2.42. The first-order valence-corrected chi connectivity index (χ1v) is 9.19. The van der Waals surface area contributed by atoms with Crippen LogP contribution in [0.25, 0.3) is 0 Å². The first-order valence-electron chi connectivity index (χ1n) is 8.37. The van der Waals surface area contributed by atoms with Crippen LogP contribution in [0, 0.1) is 17.8 Å². The average Bonchev–Trinajstić information content (AvgIpc) is 2.86. The molecule has 0 radical (unpaired) electrons. The summed E-state index contributed by atoms with van der Waals surface area (Å²) in [7, 11) is 0. The summed E-state index contributed by atoms with van der Waals surface area (Å²) < 4.78 is 0. The van der Waals surface area contributed by atoms with Gasteiger partial charge in [-0.1, -0.05) is 27.2 Å². The third-order valence-electron chi connectivity index (χ3n) is 5.26. The van der Waals surface area contributed by atoms with E-state index in [1.807, 2.05) is 6.20 Å². The first-order chi connectivity index (χ1) is 10.3. The van der Waals surface area contributed by atoms with Gasteiger partial charge in [-0.3, -0.25) is 4.79 Å². The summed E-state index contributed by atoms with van der Waals surface area (Å²) in [5.41, 5.74) is 6.39. The second-order valence-corrected chi connectivity index (χ2v) is 9.00. The van der Waals surface area contributed by atoms with Crippen LogP contribution in [0.3, 0.4) is 0 Å². The summed E-state index contributed by atoms with van der Waals surface area (Å²) in [6, 6.07) is 0.310. The molecule has 0 saturated heterocycles. The van der Waals surface area contributed by atoms with Gasteiger partial charge in [-0.05, 0) is 42.9 Å². The van der Waals surface area contributed by atoms with Crippen LogP contribution in [-0.4, -0.2) is 16.9 Å². The summed E-state index contributed by atoms with van der Waals surface area (Å²) in [4.78, 5) is 18.1. The third kappa shape index (κ3) is 3.20. The number of carbonyl (C=O) groups is 1. The van der Waals surface area contributed by atoms with Crippen molar-refractivity contribution >= 4 is 22.4 Å². The second-order valence-electron chi connectivity index (χ2n) is 7.97. The molecule has 22 heavy (non-hydrogen) atoms. The number of fused-ring (bicyclic) bond motifs is 2. The Morgan fingerprint density at radius 3 is 2.50 bits per heavy atom. The Morgan fingerprint density at radius 1 is 1.32 bits per heavy atom. The Hall–Kier alpha value is -0.940. The summed E-state index contributed by atoms with van der Waals surface area (Å²) in [6.07, 6.45) is 7.42. The Morgan fingerprint density at radius 2 is 1.95 bits per heavy atom. The van der Waals surface area contributed by atoms with Crippen LogP contribution in [0.5, 0.6) is 0 Å². The lowest BCUT2D eigenvalue weighted by molar-refractivity contribution is -0.122. The van der Waals surface area contributed by atoms with Crippen molar-refractivity contribution in [3.05, 3.63) is 11.1 Å². The molecule has 1 aromatic heterocycles. The molecule has 2 unspecified atom stereocenters. The molecule has 2 atom stereocenters. The zero-order chi connectivity index (χ0) is 15.9. The lowest BCUT2D eigenvalue weighted by atomic mass is 9.65. The van der Waals surface area contributed by atoms with Crippen molar-refractivity contribution in [1.82, 2.24) is 4.98 Å². The van der Waals surface area contributed by atoms with E-state index < -0.39 is 0 Å². The molecule has 2 aliphatic rings. The van der Waals surface area contributed by atoms with E-state index in [2.05, 4.69) is 31.1 Å². The monoisotopic (exact) mass is 321 g/mol. The smallest absolute Gasteiger partial charge is 0.229 e. The number of amides is 1. The van der Waals surface area contributed by atoms with Crippen molar-refractivity contribution < 1.29 is 4.79 Å². The first kappa shape index (κ1) is 15.9. The number of carbonyl (C=O) groups excluding carboxylic acids is 1. The van der Waals surface area contributed by atoms with E-state index in [4.69, 9.17) is 5.73 Å². The highest BCUT2D eigenvalue weighted by Gasteiger charge is 2.40. The highest BCUT2D eigenvalue weighted by molar-refractivity contribution is 7.15. The van der Waals surface area contributed by atoms with Gasteiger partial charge >= 0.3 is 0 Å². The van der Waals surface area contributed by atoms with Gasteiger partial charge in [-0.25, -0.2) is 4.98 Å². The predicted molar refractivity (Wildman–Crippen MR) is 91.0 cm³/mol. The van der Waals surface area contributed by atoms with E-state index in [0.29, 0.717) is 17.9 Å².